The van der Waals surface area contributed by atoms with E-state index in [9.17, 15) is 9.90 Å². The van der Waals surface area contributed by atoms with Crippen LogP contribution in [0.2, 0.25) is 0 Å². The first-order valence-corrected chi connectivity index (χ1v) is 6.06. The first-order valence-electron chi connectivity index (χ1n) is 6.06. The van der Waals surface area contributed by atoms with Crippen molar-refractivity contribution < 1.29 is 14.6 Å². The minimum absolute atomic E-state index is 0.320. The van der Waals surface area contributed by atoms with Crippen molar-refractivity contribution in [3.63, 3.8) is 0 Å². The molecule has 0 unspecified atom stereocenters. The van der Waals surface area contributed by atoms with E-state index in [4.69, 9.17) is 4.74 Å². The van der Waals surface area contributed by atoms with E-state index in [0.717, 1.165) is 12.1 Å². The second-order valence-electron chi connectivity index (χ2n) is 4.47. The monoisotopic (exact) mass is 251 g/mol. The van der Waals surface area contributed by atoms with Gasteiger partial charge in [0.1, 0.15) is 5.54 Å². The Morgan fingerprint density at radius 3 is 2.78 bits per heavy atom. The van der Waals surface area contributed by atoms with Gasteiger partial charge in [0.05, 0.1) is 6.61 Å². The average molecular weight is 251 g/mol. The molecule has 18 heavy (non-hydrogen) atoms. The number of carbonyl (C=O) groups is 1. The maximum Gasteiger partial charge on any atom is 0.329 e. The average Bonchev–Trinajstić information content (AvgIpc) is 2.22. The molecule has 0 aromatic carbocycles. The zero-order valence-corrected chi connectivity index (χ0v) is 10.6. The molecular weight excluding hydrogens is 234 g/mol. The van der Waals surface area contributed by atoms with Crippen LogP contribution in [0.25, 0.3) is 0 Å². The van der Waals surface area contributed by atoms with Gasteiger partial charge in [-0.3, -0.25) is 0 Å². The zero-order valence-electron chi connectivity index (χ0n) is 10.6. The molecule has 98 valence electrons. The van der Waals surface area contributed by atoms with Gasteiger partial charge in [0.25, 0.3) is 0 Å². The third kappa shape index (κ3) is 2.37. The van der Waals surface area contributed by atoms with Crippen molar-refractivity contribution in [3.8, 4) is 5.88 Å². The molecule has 1 aliphatic carbocycles. The summed E-state index contributed by atoms with van der Waals surface area (Å²) in [6.45, 7) is 4.21. The number of nitrogens with one attached hydrogen (secondary N) is 1. The van der Waals surface area contributed by atoms with Gasteiger partial charge in [-0.15, -0.1) is 0 Å². The molecule has 0 bridgehead atoms. The number of aliphatic carboxylic acids is 1. The summed E-state index contributed by atoms with van der Waals surface area (Å²) in [5.41, 5.74) is -0.159. The standard InChI is InChI=1S/C12H17N3O3/c1-3-18-9-7-8(2)13-11(14-9)15-12(10(16)17)5-4-6-12/h7H,3-6H2,1-2H3,(H,16,17)(H,13,14,15). The first kappa shape index (κ1) is 12.6. The number of carboxylic acids is 1. The summed E-state index contributed by atoms with van der Waals surface area (Å²) >= 11 is 0. The van der Waals surface area contributed by atoms with Crippen LogP contribution in [0.5, 0.6) is 5.88 Å². The van der Waals surface area contributed by atoms with E-state index in [1.54, 1.807) is 6.07 Å². The fourth-order valence-electron chi connectivity index (χ4n) is 1.95. The van der Waals surface area contributed by atoms with Crippen molar-refractivity contribution in [1.29, 1.82) is 0 Å². The highest BCUT2D eigenvalue weighted by Crippen LogP contribution is 2.35. The van der Waals surface area contributed by atoms with Gasteiger partial charge in [0.15, 0.2) is 0 Å². The smallest absolute Gasteiger partial charge is 0.329 e. The minimum atomic E-state index is -0.905. The molecule has 0 saturated heterocycles. The van der Waals surface area contributed by atoms with E-state index in [-0.39, 0.29) is 0 Å². The number of nitrogens with zero attached hydrogens (tertiary/aromatic N) is 2. The van der Waals surface area contributed by atoms with Crippen LogP contribution in [0.3, 0.4) is 0 Å². The third-order valence-electron chi connectivity index (χ3n) is 3.09. The van der Waals surface area contributed by atoms with Crippen LogP contribution in [-0.4, -0.2) is 33.2 Å². The van der Waals surface area contributed by atoms with Crippen molar-refractivity contribution in [2.75, 3.05) is 11.9 Å². The highest BCUT2D eigenvalue weighted by Gasteiger charge is 2.45. The topological polar surface area (TPSA) is 84.3 Å². The number of aryl methyl sites for hydroxylation is 1. The second kappa shape index (κ2) is 4.80. The Balaban J connectivity index is 2.20. The molecular formula is C12H17N3O3. The van der Waals surface area contributed by atoms with E-state index >= 15 is 0 Å². The third-order valence-corrected chi connectivity index (χ3v) is 3.09. The van der Waals surface area contributed by atoms with Gasteiger partial charge in [-0.05, 0) is 33.1 Å². The molecule has 0 aliphatic heterocycles. The van der Waals surface area contributed by atoms with E-state index < -0.39 is 11.5 Å². The normalized spacial score (nSPS) is 16.8. The maximum absolute atomic E-state index is 11.3. The van der Waals surface area contributed by atoms with Gasteiger partial charge in [-0.1, -0.05) is 0 Å². The number of carboxylic acid groups (broad SMARTS) is 1. The molecule has 6 nitrogen and oxygen atoms in total. The maximum atomic E-state index is 11.3. The number of hydrogen-bond donors (Lipinski definition) is 2. The largest absolute Gasteiger partial charge is 0.480 e. The summed E-state index contributed by atoms with van der Waals surface area (Å²) in [6.07, 6.45) is 2.11. The van der Waals surface area contributed by atoms with E-state index in [1.807, 2.05) is 13.8 Å². The predicted octanol–water partition coefficient (Wildman–Crippen LogP) is 1.60. The van der Waals surface area contributed by atoms with Crippen molar-refractivity contribution in [3.05, 3.63) is 11.8 Å². The fraction of sp³-hybridized carbons (Fsp3) is 0.583. The number of anilines is 1. The number of hydrogen-bond acceptors (Lipinski definition) is 5. The lowest BCUT2D eigenvalue weighted by molar-refractivity contribution is -0.145. The van der Waals surface area contributed by atoms with Gasteiger partial charge in [0, 0.05) is 11.8 Å². The second-order valence-corrected chi connectivity index (χ2v) is 4.47. The molecule has 1 aromatic heterocycles. The van der Waals surface area contributed by atoms with Gasteiger partial charge < -0.3 is 15.2 Å². The molecule has 0 spiro atoms. The quantitative estimate of drug-likeness (QED) is 0.827. The van der Waals surface area contributed by atoms with Crippen molar-refractivity contribution >= 4 is 11.9 Å². The van der Waals surface area contributed by atoms with Crippen molar-refractivity contribution in [2.24, 2.45) is 0 Å². The zero-order chi connectivity index (χ0) is 13.2. The van der Waals surface area contributed by atoms with Crippen LogP contribution < -0.4 is 10.1 Å². The highest BCUT2D eigenvalue weighted by molar-refractivity contribution is 5.83. The van der Waals surface area contributed by atoms with Crippen molar-refractivity contribution in [2.45, 2.75) is 38.6 Å². The molecule has 0 radical (unpaired) electrons. The van der Waals surface area contributed by atoms with Crippen LogP contribution >= 0.6 is 0 Å². The van der Waals surface area contributed by atoms with Crippen LogP contribution in [0, 0.1) is 6.92 Å². The summed E-state index contributed by atoms with van der Waals surface area (Å²) < 4.78 is 5.32. The lowest BCUT2D eigenvalue weighted by Crippen LogP contribution is -2.52. The Kier molecular flexibility index (Phi) is 3.36. The first-order chi connectivity index (χ1) is 8.55. The minimum Gasteiger partial charge on any atom is -0.480 e. The molecule has 1 aromatic rings. The summed E-state index contributed by atoms with van der Waals surface area (Å²) in [5, 5.41) is 12.2. The van der Waals surface area contributed by atoms with Gasteiger partial charge >= 0.3 is 5.97 Å². The van der Waals surface area contributed by atoms with Gasteiger partial charge in [-0.25, -0.2) is 9.78 Å². The summed E-state index contributed by atoms with van der Waals surface area (Å²) in [4.78, 5) is 19.6. The SMILES string of the molecule is CCOc1cc(C)nc(NC2(C(=O)O)CCC2)n1. The van der Waals surface area contributed by atoms with Gasteiger partial charge in [-0.2, -0.15) is 4.98 Å². The number of aromatic nitrogens is 2. The molecule has 1 fully saturated rings. The Morgan fingerprint density at radius 1 is 1.56 bits per heavy atom. The molecule has 0 amide bonds. The molecule has 2 rings (SSSR count). The summed E-state index contributed by atoms with van der Waals surface area (Å²) in [6, 6.07) is 1.73. The number of ether oxygens (including phenoxy) is 1. The highest BCUT2D eigenvalue weighted by atomic mass is 16.5. The Labute approximate surface area is 105 Å². The lowest BCUT2D eigenvalue weighted by Gasteiger charge is -2.38. The van der Waals surface area contributed by atoms with Gasteiger partial charge in [0.2, 0.25) is 11.8 Å². The molecule has 6 heteroatoms. The van der Waals surface area contributed by atoms with Crippen LogP contribution in [0.4, 0.5) is 5.95 Å². The molecule has 1 heterocycles. The molecule has 0 atom stereocenters. The van der Waals surface area contributed by atoms with E-state index in [2.05, 4.69) is 15.3 Å². The lowest BCUT2D eigenvalue weighted by atomic mass is 9.77. The Hall–Kier alpha value is -1.85. The predicted molar refractivity (Wildman–Crippen MR) is 65.8 cm³/mol. The van der Waals surface area contributed by atoms with E-state index in [0.29, 0.717) is 31.3 Å². The van der Waals surface area contributed by atoms with E-state index in [1.165, 1.54) is 0 Å². The molecule has 1 aliphatic rings. The summed E-state index contributed by atoms with van der Waals surface area (Å²) in [7, 11) is 0. The molecule has 1 saturated carbocycles. The fourth-order valence-corrected chi connectivity index (χ4v) is 1.95. The van der Waals surface area contributed by atoms with Crippen LogP contribution in [-0.2, 0) is 4.79 Å². The Morgan fingerprint density at radius 2 is 2.28 bits per heavy atom. The summed E-state index contributed by atoms with van der Waals surface area (Å²) in [5.74, 6) is -0.0651. The van der Waals surface area contributed by atoms with Crippen LogP contribution in [0.15, 0.2) is 6.07 Å². The van der Waals surface area contributed by atoms with Crippen molar-refractivity contribution in [1.82, 2.24) is 9.97 Å². The molecule has 2 N–H and O–H groups in total. The Bertz CT molecular complexity index is 458. The van der Waals surface area contributed by atoms with Crippen LogP contribution in [0.1, 0.15) is 31.9 Å². The number of rotatable bonds is 5.